The van der Waals surface area contributed by atoms with Crippen LogP contribution in [0.5, 0.6) is 0 Å². The van der Waals surface area contributed by atoms with Crippen molar-refractivity contribution in [1.29, 1.82) is 0 Å². The van der Waals surface area contributed by atoms with Crippen molar-refractivity contribution in [3.8, 4) is 0 Å². The van der Waals surface area contributed by atoms with Crippen molar-refractivity contribution in [2.75, 3.05) is 0 Å². The quantitative estimate of drug-likeness (QED) is 0.284. The third-order valence-electron chi connectivity index (χ3n) is 1.74. The van der Waals surface area contributed by atoms with Gasteiger partial charge in [0.1, 0.15) is 6.29 Å². The average Bonchev–Trinajstić information content (AvgIpc) is 2.13. The molecule has 2 heteroatoms. The van der Waals surface area contributed by atoms with E-state index in [-0.39, 0.29) is 6.10 Å². The second-order valence-electron chi connectivity index (χ2n) is 2.97. The number of rotatable bonds is 7. The SMILES string of the molecule is CCCCCC(O)/C=C/C=C/C=O. The summed E-state index contributed by atoms with van der Waals surface area (Å²) in [6, 6.07) is 0. The highest BCUT2D eigenvalue weighted by Crippen LogP contribution is 2.03. The maximum atomic E-state index is 9.88. The van der Waals surface area contributed by atoms with Gasteiger partial charge >= 0.3 is 0 Å². The van der Waals surface area contributed by atoms with Gasteiger partial charge in [-0.15, -0.1) is 0 Å². The number of carbonyl (C=O) groups excluding carboxylic acids is 1. The third kappa shape index (κ3) is 9.02. The Hall–Kier alpha value is -0.890. The molecule has 0 radical (unpaired) electrons. The van der Waals surface area contributed by atoms with Gasteiger partial charge in [-0.1, -0.05) is 44.4 Å². The molecule has 0 saturated carbocycles. The Morgan fingerprint density at radius 3 is 2.62 bits per heavy atom. The minimum absolute atomic E-state index is 0.372. The molecule has 74 valence electrons. The summed E-state index contributed by atoms with van der Waals surface area (Å²) in [6.45, 7) is 2.13. The van der Waals surface area contributed by atoms with Gasteiger partial charge in [0.15, 0.2) is 0 Å². The summed E-state index contributed by atoms with van der Waals surface area (Å²) in [6.07, 6.45) is 11.0. The number of allylic oxidation sites excluding steroid dienone is 3. The fourth-order valence-corrected chi connectivity index (χ4v) is 1.00. The van der Waals surface area contributed by atoms with Gasteiger partial charge in [0.25, 0.3) is 0 Å². The first-order chi connectivity index (χ1) is 6.31. The first-order valence-electron chi connectivity index (χ1n) is 4.78. The zero-order chi connectivity index (χ0) is 9.94. The van der Waals surface area contributed by atoms with Crippen LogP contribution in [0, 0.1) is 0 Å². The third-order valence-corrected chi connectivity index (χ3v) is 1.74. The molecular weight excluding hydrogens is 164 g/mol. The van der Waals surface area contributed by atoms with Gasteiger partial charge in [0, 0.05) is 0 Å². The smallest absolute Gasteiger partial charge is 0.142 e. The second-order valence-corrected chi connectivity index (χ2v) is 2.97. The van der Waals surface area contributed by atoms with Crippen LogP contribution in [0.3, 0.4) is 0 Å². The molecule has 0 fully saturated rings. The topological polar surface area (TPSA) is 37.3 Å². The molecule has 13 heavy (non-hydrogen) atoms. The predicted molar refractivity (Wildman–Crippen MR) is 54.5 cm³/mol. The summed E-state index contributed by atoms with van der Waals surface area (Å²) >= 11 is 0. The number of aliphatic hydroxyl groups excluding tert-OH is 1. The summed E-state index contributed by atoms with van der Waals surface area (Å²) < 4.78 is 0. The lowest BCUT2D eigenvalue weighted by atomic mass is 10.1. The van der Waals surface area contributed by atoms with Gasteiger partial charge in [-0.3, -0.25) is 4.79 Å². The van der Waals surface area contributed by atoms with E-state index in [1.807, 2.05) is 0 Å². The van der Waals surface area contributed by atoms with Gasteiger partial charge in [-0.2, -0.15) is 0 Å². The number of aldehydes is 1. The molecule has 0 heterocycles. The molecule has 2 nitrogen and oxygen atoms in total. The monoisotopic (exact) mass is 182 g/mol. The van der Waals surface area contributed by atoms with Gasteiger partial charge in [-0.25, -0.2) is 0 Å². The van der Waals surface area contributed by atoms with E-state index in [1.165, 1.54) is 12.5 Å². The number of hydrogen-bond donors (Lipinski definition) is 1. The summed E-state index contributed by atoms with van der Waals surface area (Å²) in [5, 5.41) is 9.37. The molecule has 0 rings (SSSR count). The summed E-state index contributed by atoms with van der Waals surface area (Å²) in [4.78, 5) is 9.88. The highest BCUT2D eigenvalue weighted by molar-refractivity contribution is 5.65. The summed E-state index contributed by atoms with van der Waals surface area (Å²) in [5.74, 6) is 0. The largest absolute Gasteiger partial charge is 0.389 e. The van der Waals surface area contributed by atoms with Crippen molar-refractivity contribution in [1.82, 2.24) is 0 Å². The zero-order valence-corrected chi connectivity index (χ0v) is 8.15. The number of hydrogen-bond acceptors (Lipinski definition) is 2. The van der Waals surface area contributed by atoms with Crippen LogP contribution in [-0.2, 0) is 4.79 Å². The molecule has 0 bridgehead atoms. The Morgan fingerprint density at radius 1 is 1.23 bits per heavy atom. The van der Waals surface area contributed by atoms with E-state index in [9.17, 15) is 9.90 Å². The van der Waals surface area contributed by atoms with Gasteiger partial charge in [0.2, 0.25) is 0 Å². The maximum Gasteiger partial charge on any atom is 0.142 e. The van der Waals surface area contributed by atoms with Crippen molar-refractivity contribution in [2.45, 2.75) is 38.7 Å². The molecular formula is C11H18O2. The Balaban J connectivity index is 3.48. The molecule has 1 atom stereocenters. The standard InChI is InChI=1S/C11H18O2/c1-2-3-5-8-11(13)9-6-4-7-10-12/h4,6-7,9-11,13H,2-3,5,8H2,1H3/b7-4+,9-6+. The molecule has 0 spiro atoms. The molecule has 0 aliphatic carbocycles. The summed E-state index contributed by atoms with van der Waals surface area (Å²) in [7, 11) is 0. The van der Waals surface area contributed by atoms with Crippen LogP contribution in [0.2, 0.25) is 0 Å². The predicted octanol–water partition coefficient (Wildman–Crippen LogP) is 2.24. The Bertz CT molecular complexity index is 171. The molecule has 0 amide bonds. The second kappa shape index (κ2) is 9.20. The van der Waals surface area contributed by atoms with E-state index in [0.717, 1.165) is 19.3 Å². The molecule has 0 aliphatic heterocycles. The van der Waals surface area contributed by atoms with E-state index in [0.29, 0.717) is 6.29 Å². The molecule has 0 aromatic carbocycles. The molecule has 1 N–H and O–H groups in total. The average molecular weight is 182 g/mol. The van der Waals surface area contributed by atoms with E-state index in [1.54, 1.807) is 18.2 Å². The molecule has 0 aromatic rings. The lowest BCUT2D eigenvalue weighted by Crippen LogP contribution is -2.00. The van der Waals surface area contributed by atoms with Crippen LogP contribution >= 0.6 is 0 Å². The van der Waals surface area contributed by atoms with Crippen LogP contribution < -0.4 is 0 Å². The van der Waals surface area contributed by atoms with E-state index in [4.69, 9.17) is 0 Å². The number of carbonyl (C=O) groups is 1. The highest BCUT2D eigenvalue weighted by Gasteiger charge is 1.96. The van der Waals surface area contributed by atoms with Crippen molar-refractivity contribution in [3.05, 3.63) is 24.3 Å². The van der Waals surface area contributed by atoms with Crippen LogP contribution in [-0.4, -0.2) is 17.5 Å². The highest BCUT2D eigenvalue weighted by atomic mass is 16.3. The van der Waals surface area contributed by atoms with Gasteiger partial charge in [-0.05, 0) is 12.5 Å². The minimum atomic E-state index is -0.372. The van der Waals surface area contributed by atoms with Crippen LogP contribution in [0.4, 0.5) is 0 Å². The van der Waals surface area contributed by atoms with Crippen molar-refractivity contribution < 1.29 is 9.90 Å². The Morgan fingerprint density at radius 2 is 2.00 bits per heavy atom. The van der Waals surface area contributed by atoms with Crippen LogP contribution in [0.15, 0.2) is 24.3 Å². The molecule has 0 aromatic heterocycles. The normalized spacial score (nSPS) is 14.0. The molecule has 0 aliphatic rings. The first kappa shape index (κ1) is 12.1. The fraction of sp³-hybridized carbons (Fsp3) is 0.545. The lowest BCUT2D eigenvalue weighted by molar-refractivity contribution is -0.104. The van der Waals surface area contributed by atoms with E-state index in [2.05, 4.69) is 6.92 Å². The fourth-order valence-electron chi connectivity index (χ4n) is 1.00. The van der Waals surface area contributed by atoms with Gasteiger partial charge in [0.05, 0.1) is 6.10 Å². The van der Waals surface area contributed by atoms with Crippen molar-refractivity contribution in [3.63, 3.8) is 0 Å². The molecule has 0 saturated heterocycles. The Labute approximate surface area is 80.0 Å². The number of unbranched alkanes of at least 4 members (excludes halogenated alkanes) is 2. The molecule has 1 unspecified atom stereocenters. The zero-order valence-electron chi connectivity index (χ0n) is 8.15. The van der Waals surface area contributed by atoms with Crippen LogP contribution in [0.25, 0.3) is 0 Å². The summed E-state index contributed by atoms with van der Waals surface area (Å²) in [5.41, 5.74) is 0. The Kier molecular flexibility index (Phi) is 8.57. The van der Waals surface area contributed by atoms with E-state index >= 15 is 0 Å². The lowest BCUT2D eigenvalue weighted by Gasteiger charge is -2.02. The van der Waals surface area contributed by atoms with Crippen molar-refractivity contribution >= 4 is 6.29 Å². The minimum Gasteiger partial charge on any atom is -0.389 e. The first-order valence-corrected chi connectivity index (χ1v) is 4.78. The van der Waals surface area contributed by atoms with Crippen LogP contribution in [0.1, 0.15) is 32.6 Å². The van der Waals surface area contributed by atoms with Gasteiger partial charge < -0.3 is 5.11 Å². The number of aliphatic hydroxyl groups is 1. The maximum absolute atomic E-state index is 9.88. The van der Waals surface area contributed by atoms with Crippen molar-refractivity contribution in [2.24, 2.45) is 0 Å². The van der Waals surface area contributed by atoms with E-state index < -0.39 is 0 Å².